The number of nitrogen functional groups attached to an aromatic ring is 1. The number of carbonyl (C=O) groups is 1. The normalized spacial score (nSPS) is 10.7. The van der Waals surface area contributed by atoms with Crippen LogP contribution in [0.3, 0.4) is 0 Å². The van der Waals surface area contributed by atoms with Crippen molar-refractivity contribution in [2.75, 3.05) is 5.73 Å². The molecular weight excluding hydrogens is 306 g/mol. The lowest BCUT2D eigenvalue weighted by molar-refractivity contribution is 0.0475. The van der Waals surface area contributed by atoms with Gasteiger partial charge in [-0.1, -0.05) is 29.8 Å². The predicted octanol–water partition coefficient (Wildman–Crippen LogP) is 4.49. The molecule has 3 rings (SSSR count). The second-order valence-corrected chi connectivity index (χ2v) is 5.95. The molecule has 0 saturated carbocycles. The van der Waals surface area contributed by atoms with Gasteiger partial charge >= 0.3 is 5.97 Å². The highest BCUT2D eigenvalue weighted by Gasteiger charge is 2.11. The van der Waals surface area contributed by atoms with Crippen LogP contribution in [0.4, 0.5) is 5.69 Å². The molecule has 2 N–H and O–H groups in total. The molecule has 0 spiro atoms. The van der Waals surface area contributed by atoms with Crippen molar-refractivity contribution in [2.24, 2.45) is 0 Å². The number of carbonyl (C=O) groups excluding carboxylic acids is 1. The minimum absolute atomic E-state index is 0.231. The van der Waals surface area contributed by atoms with Crippen molar-refractivity contribution in [3.63, 3.8) is 0 Å². The van der Waals surface area contributed by atoms with Crippen molar-refractivity contribution < 1.29 is 9.53 Å². The van der Waals surface area contributed by atoms with Crippen molar-refractivity contribution in [2.45, 2.75) is 6.61 Å². The molecule has 0 amide bonds. The van der Waals surface area contributed by atoms with Crippen LogP contribution < -0.4 is 5.73 Å². The molecule has 0 radical (unpaired) electrons. The third-order valence-corrected chi connectivity index (χ3v) is 4.31. The molecule has 1 aromatic heterocycles. The van der Waals surface area contributed by atoms with E-state index in [4.69, 9.17) is 22.1 Å². The van der Waals surface area contributed by atoms with Gasteiger partial charge in [0, 0.05) is 21.0 Å². The third-order valence-electron chi connectivity index (χ3n) is 3.08. The van der Waals surface area contributed by atoms with Crippen LogP contribution in [0, 0.1) is 0 Å². The highest BCUT2D eigenvalue weighted by atomic mass is 35.5. The fourth-order valence-corrected chi connectivity index (χ4v) is 3.29. The second-order valence-electron chi connectivity index (χ2n) is 4.61. The smallest absolute Gasteiger partial charge is 0.338 e. The minimum atomic E-state index is -0.431. The first-order chi connectivity index (χ1) is 10.1. The van der Waals surface area contributed by atoms with Crippen LogP contribution in [0.15, 0.2) is 47.8 Å². The summed E-state index contributed by atoms with van der Waals surface area (Å²) >= 11 is 7.52. The SMILES string of the molecule is Nc1cc(Cl)cc(C(=O)OCc2csc3ccccc23)c1. The maximum absolute atomic E-state index is 12.0. The van der Waals surface area contributed by atoms with Gasteiger partial charge in [-0.15, -0.1) is 11.3 Å². The van der Waals surface area contributed by atoms with E-state index in [-0.39, 0.29) is 6.61 Å². The molecule has 0 unspecified atom stereocenters. The van der Waals surface area contributed by atoms with Crippen molar-refractivity contribution >= 4 is 44.7 Å². The number of anilines is 1. The highest BCUT2D eigenvalue weighted by Crippen LogP contribution is 2.26. The van der Waals surface area contributed by atoms with Crippen molar-refractivity contribution in [1.29, 1.82) is 0 Å². The number of halogens is 1. The fourth-order valence-electron chi connectivity index (χ4n) is 2.10. The largest absolute Gasteiger partial charge is 0.457 e. The second kappa shape index (κ2) is 5.76. The van der Waals surface area contributed by atoms with Crippen LogP contribution in [0.1, 0.15) is 15.9 Å². The van der Waals surface area contributed by atoms with Gasteiger partial charge in [-0.25, -0.2) is 4.79 Å². The Labute approximate surface area is 130 Å². The van der Waals surface area contributed by atoms with Gasteiger partial charge < -0.3 is 10.5 Å². The predicted molar refractivity (Wildman–Crippen MR) is 86.8 cm³/mol. The number of ether oxygens (including phenoxy) is 1. The molecule has 0 saturated heterocycles. The zero-order valence-electron chi connectivity index (χ0n) is 11.0. The Hall–Kier alpha value is -2.04. The lowest BCUT2D eigenvalue weighted by atomic mass is 10.2. The highest BCUT2D eigenvalue weighted by molar-refractivity contribution is 7.17. The minimum Gasteiger partial charge on any atom is -0.457 e. The molecule has 3 nitrogen and oxygen atoms in total. The number of hydrogen-bond acceptors (Lipinski definition) is 4. The van der Waals surface area contributed by atoms with Gasteiger partial charge in [-0.3, -0.25) is 0 Å². The zero-order valence-corrected chi connectivity index (χ0v) is 12.6. The monoisotopic (exact) mass is 317 g/mol. The molecular formula is C16H12ClNO2S. The third kappa shape index (κ3) is 3.01. The Bertz CT molecular complexity index is 793. The fraction of sp³-hybridized carbons (Fsp3) is 0.0625. The summed E-state index contributed by atoms with van der Waals surface area (Å²) in [5.41, 5.74) is 7.47. The number of thiophene rings is 1. The van der Waals surface area contributed by atoms with Crippen molar-refractivity contribution in [3.8, 4) is 0 Å². The first-order valence-electron chi connectivity index (χ1n) is 6.32. The Balaban J connectivity index is 1.76. The van der Waals surface area contributed by atoms with Crippen LogP contribution in [0.25, 0.3) is 10.1 Å². The molecule has 1 heterocycles. The molecule has 0 atom stereocenters. The molecule has 2 aromatic carbocycles. The van der Waals surface area contributed by atoms with Gasteiger partial charge in [0.1, 0.15) is 6.61 Å². The van der Waals surface area contributed by atoms with E-state index in [9.17, 15) is 4.79 Å². The molecule has 5 heteroatoms. The molecule has 0 bridgehead atoms. The molecule has 0 aliphatic carbocycles. The molecule has 21 heavy (non-hydrogen) atoms. The van der Waals surface area contributed by atoms with Crippen LogP contribution >= 0.6 is 22.9 Å². The van der Waals surface area contributed by atoms with E-state index >= 15 is 0 Å². The molecule has 106 valence electrons. The van der Waals surface area contributed by atoms with E-state index in [1.165, 1.54) is 4.70 Å². The number of fused-ring (bicyclic) bond motifs is 1. The number of benzene rings is 2. The average Bonchev–Trinajstić information content (AvgIpc) is 2.87. The Morgan fingerprint density at radius 2 is 2.05 bits per heavy atom. The Kier molecular flexibility index (Phi) is 3.82. The number of hydrogen-bond donors (Lipinski definition) is 1. The summed E-state index contributed by atoms with van der Waals surface area (Å²) in [4.78, 5) is 12.0. The van der Waals surface area contributed by atoms with E-state index in [0.717, 1.165) is 10.9 Å². The molecule has 3 aromatic rings. The summed E-state index contributed by atoms with van der Waals surface area (Å²) < 4.78 is 6.52. The van der Waals surface area contributed by atoms with E-state index in [1.54, 1.807) is 29.5 Å². The lowest BCUT2D eigenvalue weighted by Gasteiger charge is -2.05. The summed E-state index contributed by atoms with van der Waals surface area (Å²) in [7, 11) is 0. The zero-order chi connectivity index (χ0) is 14.8. The lowest BCUT2D eigenvalue weighted by Crippen LogP contribution is -2.05. The topological polar surface area (TPSA) is 52.3 Å². The summed E-state index contributed by atoms with van der Waals surface area (Å²) in [6, 6.07) is 12.7. The summed E-state index contributed by atoms with van der Waals surface area (Å²) in [6.07, 6.45) is 0. The van der Waals surface area contributed by atoms with E-state index in [1.807, 2.05) is 29.6 Å². The Morgan fingerprint density at radius 3 is 2.86 bits per heavy atom. The summed E-state index contributed by atoms with van der Waals surface area (Å²) in [6.45, 7) is 0.231. The molecule has 0 aliphatic rings. The number of esters is 1. The standard InChI is InChI=1S/C16H12ClNO2S/c17-12-5-10(6-13(18)7-12)16(19)20-8-11-9-21-15-4-2-1-3-14(11)15/h1-7,9H,8,18H2. The quantitative estimate of drug-likeness (QED) is 0.572. The maximum atomic E-state index is 12.0. The van der Waals surface area contributed by atoms with Crippen LogP contribution in [0.5, 0.6) is 0 Å². The first kappa shape index (κ1) is 13.9. The van der Waals surface area contributed by atoms with Gasteiger partial charge in [-0.05, 0) is 35.0 Å². The van der Waals surface area contributed by atoms with Gasteiger partial charge in [-0.2, -0.15) is 0 Å². The van der Waals surface area contributed by atoms with Crippen molar-refractivity contribution in [3.05, 3.63) is 64.0 Å². The van der Waals surface area contributed by atoms with Gasteiger partial charge in [0.25, 0.3) is 0 Å². The van der Waals surface area contributed by atoms with Gasteiger partial charge in [0.15, 0.2) is 0 Å². The van der Waals surface area contributed by atoms with E-state index in [2.05, 4.69) is 0 Å². The molecule has 0 aliphatic heterocycles. The van der Waals surface area contributed by atoms with Crippen LogP contribution in [-0.2, 0) is 11.3 Å². The number of rotatable bonds is 3. The van der Waals surface area contributed by atoms with E-state index in [0.29, 0.717) is 16.3 Å². The van der Waals surface area contributed by atoms with Gasteiger partial charge in [0.05, 0.1) is 5.56 Å². The average molecular weight is 318 g/mol. The van der Waals surface area contributed by atoms with Crippen LogP contribution in [0.2, 0.25) is 5.02 Å². The van der Waals surface area contributed by atoms with Crippen molar-refractivity contribution in [1.82, 2.24) is 0 Å². The summed E-state index contributed by atoms with van der Waals surface area (Å²) in [5, 5.41) is 3.54. The van der Waals surface area contributed by atoms with E-state index < -0.39 is 5.97 Å². The molecule has 0 fully saturated rings. The number of nitrogens with two attached hydrogens (primary N) is 1. The maximum Gasteiger partial charge on any atom is 0.338 e. The van der Waals surface area contributed by atoms with Gasteiger partial charge in [0.2, 0.25) is 0 Å². The summed E-state index contributed by atoms with van der Waals surface area (Å²) in [5.74, 6) is -0.431. The van der Waals surface area contributed by atoms with Crippen LogP contribution in [-0.4, -0.2) is 5.97 Å². The first-order valence-corrected chi connectivity index (χ1v) is 7.57. The Morgan fingerprint density at radius 1 is 1.24 bits per heavy atom.